The maximum atomic E-state index is 13.6. The van der Waals surface area contributed by atoms with Crippen molar-refractivity contribution in [1.82, 2.24) is 10.8 Å². The van der Waals surface area contributed by atoms with Gasteiger partial charge in [0.2, 0.25) is 0 Å². The van der Waals surface area contributed by atoms with Crippen LogP contribution in [0.5, 0.6) is 0 Å². The lowest BCUT2D eigenvalue weighted by molar-refractivity contribution is -0.176. The van der Waals surface area contributed by atoms with E-state index in [2.05, 4.69) is 29.9 Å². The van der Waals surface area contributed by atoms with Crippen molar-refractivity contribution in [3.8, 4) is 0 Å². The molecular weight excluding hydrogens is 488 g/mol. The van der Waals surface area contributed by atoms with Crippen LogP contribution in [0, 0.1) is 0 Å². The van der Waals surface area contributed by atoms with Crippen LogP contribution in [0.3, 0.4) is 0 Å². The number of hydrogen-bond donors (Lipinski definition) is 2. The van der Waals surface area contributed by atoms with Gasteiger partial charge in [0.25, 0.3) is 5.91 Å². The molecule has 2 atom stereocenters. The number of ether oxygens (including phenoxy) is 1. The molecule has 6 heteroatoms. The topological polar surface area (TPSA) is 76.7 Å². The molecule has 1 saturated heterocycles. The molecular formula is C33H48N2O4. The van der Waals surface area contributed by atoms with Crippen molar-refractivity contribution in [2.75, 3.05) is 13.2 Å². The fraction of sp³-hybridized carbons (Fsp3) is 0.576. The van der Waals surface area contributed by atoms with E-state index in [0.717, 1.165) is 44.1 Å². The highest BCUT2D eigenvalue weighted by molar-refractivity contribution is 5.96. The Morgan fingerprint density at radius 3 is 2.21 bits per heavy atom. The number of carbonyl (C=O) groups excluding carboxylic acids is 2. The van der Waals surface area contributed by atoms with Crippen LogP contribution in [-0.2, 0) is 32.2 Å². The van der Waals surface area contributed by atoms with E-state index >= 15 is 0 Å². The fourth-order valence-electron chi connectivity index (χ4n) is 5.37. The molecule has 0 saturated carbocycles. The summed E-state index contributed by atoms with van der Waals surface area (Å²) in [6.45, 7) is 3.42. The van der Waals surface area contributed by atoms with Gasteiger partial charge < -0.3 is 10.1 Å². The first kappa shape index (κ1) is 31.0. The number of amides is 1. The number of unbranched alkanes of at least 4 members (excludes halogenated alkanes) is 8. The van der Waals surface area contributed by atoms with E-state index in [-0.39, 0.29) is 18.3 Å². The predicted octanol–water partition coefficient (Wildman–Crippen LogP) is 6.47. The van der Waals surface area contributed by atoms with Gasteiger partial charge in [-0.3, -0.25) is 14.4 Å². The van der Waals surface area contributed by atoms with Crippen molar-refractivity contribution in [3.63, 3.8) is 0 Å². The largest absolute Gasteiger partial charge is 0.362 e. The second-order valence-electron chi connectivity index (χ2n) is 10.7. The predicted molar refractivity (Wildman–Crippen MR) is 156 cm³/mol. The average Bonchev–Trinajstić information content (AvgIpc) is 2.98. The number of rotatable bonds is 19. The highest BCUT2D eigenvalue weighted by Gasteiger charge is 2.51. The smallest absolute Gasteiger partial charge is 0.277 e. The van der Waals surface area contributed by atoms with Crippen LogP contribution >= 0.6 is 0 Å². The van der Waals surface area contributed by atoms with E-state index < -0.39 is 11.6 Å². The Morgan fingerprint density at radius 2 is 1.51 bits per heavy atom. The molecule has 39 heavy (non-hydrogen) atoms. The van der Waals surface area contributed by atoms with Gasteiger partial charge in [-0.1, -0.05) is 113 Å². The normalized spacial score (nSPS) is 19.1. The van der Waals surface area contributed by atoms with E-state index in [1.165, 1.54) is 37.7 Å². The third kappa shape index (κ3) is 10.5. The lowest BCUT2D eigenvalue weighted by Crippen LogP contribution is -2.67. The molecule has 1 amide bonds. The van der Waals surface area contributed by atoms with Gasteiger partial charge >= 0.3 is 0 Å². The molecule has 1 fully saturated rings. The lowest BCUT2D eigenvalue weighted by atomic mass is 9.82. The van der Waals surface area contributed by atoms with E-state index in [1.807, 2.05) is 48.5 Å². The lowest BCUT2D eigenvalue weighted by Gasteiger charge is -2.42. The first-order chi connectivity index (χ1) is 19.2. The summed E-state index contributed by atoms with van der Waals surface area (Å²) < 4.78 is 6.22. The number of ketones is 1. The maximum absolute atomic E-state index is 13.6. The SMILES string of the molecule is CCCCCCCCCCC(=O)C1NCCOC1(CCCCc1ccccc1)C(=O)NOCc1ccccc1. The van der Waals surface area contributed by atoms with Crippen LogP contribution < -0.4 is 10.8 Å². The summed E-state index contributed by atoms with van der Waals surface area (Å²) in [6.07, 6.45) is 12.9. The minimum Gasteiger partial charge on any atom is -0.362 e. The van der Waals surface area contributed by atoms with Gasteiger partial charge in [0.05, 0.1) is 13.2 Å². The Balaban J connectivity index is 1.58. The Labute approximate surface area is 235 Å². The van der Waals surface area contributed by atoms with Gasteiger partial charge in [0.15, 0.2) is 11.4 Å². The molecule has 0 radical (unpaired) electrons. The fourth-order valence-corrected chi connectivity index (χ4v) is 5.37. The number of hydroxylamine groups is 1. The van der Waals surface area contributed by atoms with Crippen molar-refractivity contribution < 1.29 is 19.2 Å². The number of Topliss-reactive ketones (excluding diaryl/α,β-unsaturated/α-hetero) is 1. The molecule has 0 aliphatic carbocycles. The molecule has 1 aliphatic heterocycles. The minimum absolute atomic E-state index is 0.0574. The molecule has 1 aliphatic rings. The van der Waals surface area contributed by atoms with Gasteiger partial charge in [-0.15, -0.1) is 0 Å². The summed E-state index contributed by atoms with van der Waals surface area (Å²) in [7, 11) is 0. The highest BCUT2D eigenvalue weighted by atomic mass is 16.7. The van der Waals surface area contributed by atoms with Gasteiger partial charge in [0, 0.05) is 13.0 Å². The Kier molecular flexibility index (Phi) is 14.2. The number of hydrogen-bond acceptors (Lipinski definition) is 5. The number of carbonyl (C=O) groups is 2. The molecule has 0 bridgehead atoms. The molecule has 2 aromatic carbocycles. The summed E-state index contributed by atoms with van der Waals surface area (Å²) in [4.78, 5) is 32.7. The Morgan fingerprint density at radius 1 is 0.872 bits per heavy atom. The molecule has 214 valence electrons. The summed E-state index contributed by atoms with van der Waals surface area (Å²) >= 11 is 0. The summed E-state index contributed by atoms with van der Waals surface area (Å²) in [5, 5.41) is 3.34. The van der Waals surface area contributed by atoms with Crippen molar-refractivity contribution >= 4 is 11.7 Å². The molecule has 2 unspecified atom stereocenters. The third-order valence-electron chi connectivity index (χ3n) is 7.61. The average molecular weight is 537 g/mol. The van der Waals surface area contributed by atoms with Crippen LogP contribution in [0.4, 0.5) is 0 Å². The molecule has 6 nitrogen and oxygen atoms in total. The third-order valence-corrected chi connectivity index (χ3v) is 7.61. The minimum atomic E-state index is -1.27. The zero-order valence-electron chi connectivity index (χ0n) is 23.8. The van der Waals surface area contributed by atoms with Crippen LogP contribution in [0.15, 0.2) is 60.7 Å². The monoisotopic (exact) mass is 536 g/mol. The van der Waals surface area contributed by atoms with Crippen molar-refractivity contribution in [2.24, 2.45) is 0 Å². The standard InChI is InChI=1S/C33H48N2O4/c1-2-3-4-5-6-7-8-15-23-30(36)31-33(38-26-25-34-31,24-17-16-20-28-18-11-9-12-19-28)32(37)35-39-27-29-21-13-10-14-22-29/h9-14,18-19,21-22,31,34H,2-8,15-17,20,23-27H2,1H3,(H,35,37). The van der Waals surface area contributed by atoms with E-state index in [0.29, 0.717) is 26.0 Å². The summed E-state index contributed by atoms with van der Waals surface area (Å²) in [5.74, 6) is -0.318. The Bertz CT molecular complexity index is 953. The zero-order valence-corrected chi connectivity index (χ0v) is 23.8. The van der Waals surface area contributed by atoms with Crippen LogP contribution in [-0.4, -0.2) is 36.5 Å². The molecule has 2 aromatic rings. The Hall–Kier alpha value is -2.54. The number of aryl methyl sites for hydroxylation is 1. The highest BCUT2D eigenvalue weighted by Crippen LogP contribution is 2.29. The second kappa shape index (κ2) is 17.9. The van der Waals surface area contributed by atoms with E-state index in [4.69, 9.17) is 9.57 Å². The number of nitrogens with one attached hydrogen (secondary N) is 2. The van der Waals surface area contributed by atoms with Crippen LogP contribution in [0.2, 0.25) is 0 Å². The summed E-state index contributed by atoms with van der Waals surface area (Å²) in [5.41, 5.74) is 3.58. The van der Waals surface area contributed by atoms with Crippen molar-refractivity contribution in [1.29, 1.82) is 0 Å². The van der Waals surface area contributed by atoms with Crippen LogP contribution in [0.1, 0.15) is 95.1 Å². The maximum Gasteiger partial charge on any atom is 0.277 e. The van der Waals surface area contributed by atoms with E-state index in [9.17, 15) is 9.59 Å². The van der Waals surface area contributed by atoms with Gasteiger partial charge in [-0.25, -0.2) is 5.48 Å². The molecule has 2 N–H and O–H groups in total. The first-order valence-electron chi connectivity index (χ1n) is 15.1. The summed E-state index contributed by atoms with van der Waals surface area (Å²) in [6, 6.07) is 19.4. The molecule has 0 aromatic heterocycles. The van der Waals surface area contributed by atoms with Crippen LogP contribution in [0.25, 0.3) is 0 Å². The zero-order chi connectivity index (χ0) is 27.6. The molecule has 1 heterocycles. The van der Waals surface area contributed by atoms with Gasteiger partial charge in [-0.2, -0.15) is 0 Å². The number of benzene rings is 2. The second-order valence-corrected chi connectivity index (χ2v) is 10.7. The quantitative estimate of drug-likeness (QED) is 0.159. The first-order valence-corrected chi connectivity index (χ1v) is 15.1. The molecule has 0 spiro atoms. The van der Waals surface area contributed by atoms with Gasteiger partial charge in [-0.05, 0) is 43.2 Å². The van der Waals surface area contributed by atoms with E-state index in [1.54, 1.807) is 0 Å². The van der Waals surface area contributed by atoms with Crippen molar-refractivity contribution in [2.45, 2.75) is 109 Å². The van der Waals surface area contributed by atoms with Gasteiger partial charge in [0.1, 0.15) is 6.04 Å². The number of morpholine rings is 1. The van der Waals surface area contributed by atoms with Crippen molar-refractivity contribution in [3.05, 3.63) is 71.8 Å². The molecule has 3 rings (SSSR count).